The highest BCUT2D eigenvalue weighted by Crippen LogP contribution is 2.31. The fourth-order valence-electron chi connectivity index (χ4n) is 3.59. The van der Waals surface area contributed by atoms with Crippen molar-refractivity contribution in [2.75, 3.05) is 12.4 Å². The quantitative estimate of drug-likeness (QED) is 0.778. The molecule has 4 rings (SSSR count). The molecule has 0 radical (unpaired) electrons. The summed E-state index contributed by atoms with van der Waals surface area (Å²) in [5.74, 6) is 0.590. The number of nitrogens with zero attached hydrogens (tertiary/aromatic N) is 3. The zero-order valence-electron chi connectivity index (χ0n) is 15.2. The first kappa shape index (κ1) is 16.6. The van der Waals surface area contributed by atoms with Crippen LogP contribution in [0.5, 0.6) is 5.75 Å². The summed E-state index contributed by atoms with van der Waals surface area (Å²) in [5, 5.41) is 8.30. The molecule has 0 saturated heterocycles. The van der Waals surface area contributed by atoms with Crippen molar-refractivity contribution in [3.63, 3.8) is 0 Å². The second-order valence-corrected chi connectivity index (χ2v) is 6.87. The fourth-order valence-corrected chi connectivity index (χ4v) is 3.59. The number of methoxy groups -OCH3 is 1. The van der Waals surface area contributed by atoms with E-state index < -0.39 is 0 Å². The Bertz CT molecular complexity index is 991. The molecule has 1 aliphatic carbocycles. The van der Waals surface area contributed by atoms with E-state index >= 15 is 0 Å². The second-order valence-electron chi connectivity index (χ2n) is 6.87. The van der Waals surface area contributed by atoms with Crippen LogP contribution >= 0.6 is 0 Å². The number of hydrogen-bond donors (Lipinski definition) is 1. The molecule has 134 valence electrons. The third-order valence-corrected chi connectivity index (χ3v) is 4.81. The van der Waals surface area contributed by atoms with Gasteiger partial charge in [-0.25, -0.2) is 9.67 Å². The Balaban J connectivity index is 1.81. The van der Waals surface area contributed by atoms with E-state index in [9.17, 15) is 4.79 Å². The van der Waals surface area contributed by atoms with Gasteiger partial charge in [0.25, 0.3) is 5.91 Å². The zero-order valence-corrected chi connectivity index (χ0v) is 15.2. The highest BCUT2D eigenvalue weighted by atomic mass is 16.5. The van der Waals surface area contributed by atoms with Crippen molar-refractivity contribution < 1.29 is 9.53 Å². The van der Waals surface area contributed by atoms with Crippen LogP contribution < -0.4 is 10.1 Å². The molecule has 6 heteroatoms. The summed E-state index contributed by atoms with van der Waals surface area (Å²) in [6, 6.07) is 7.57. The van der Waals surface area contributed by atoms with Gasteiger partial charge in [0.15, 0.2) is 5.65 Å². The number of ether oxygens (including phenoxy) is 1. The molecular formula is C20H22N4O2. The van der Waals surface area contributed by atoms with Crippen molar-refractivity contribution in [2.24, 2.45) is 0 Å². The molecule has 2 aromatic heterocycles. The van der Waals surface area contributed by atoms with Gasteiger partial charge in [0.05, 0.1) is 24.3 Å². The summed E-state index contributed by atoms with van der Waals surface area (Å²) in [6.45, 7) is 4.13. The molecule has 1 amide bonds. The van der Waals surface area contributed by atoms with Crippen LogP contribution in [-0.2, 0) is 12.8 Å². The highest BCUT2D eigenvalue weighted by Gasteiger charge is 2.26. The largest absolute Gasteiger partial charge is 0.497 e. The third-order valence-electron chi connectivity index (χ3n) is 4.81. The van der Waals surface area contributed by atoms with Crippen LogP contribution in [0.2, 0.25) is 0 Å². The molecule has 3 aromatic rings. The van der Waals surface area contributed by atoms with Crippen molar-refractivity contribution in [3.05, 3.63) is 47.3 Å². The molecule has 2 heterocycles. The number of carbonyl (C=O) groups is 1. The minimum absolute atomic E-state index is 0.118. The third kappa shape index (κ3) is 2.71. The lowest BCUT2D eigenvalue weighted by Crippen LogP contribution is -2.16. The number of rotatable bonds is 4. The van der Waals surface area contributed by atoms with Crippen LogP contribution in [0.1, 0.15) is 47.9 Å². The van der Waals surface area contributed by atoms with E-state index in [2.05, 4.69) is 24.3 Å². The van der Waals surface area contributed by atoms with Gasteiger partial charge in [0.1, 0.15) is 5.75 Å². The maximum atomic E-state index is 13.1. The van der Waals surface area contributed by atoms with E-state index in [1.165, 1.54) is 0 Å². The minimum atomic E-state index is -0.118. The number of amides is 1. The number of anilines is 1. The number of nitrogens with one attached hydrogen (secondary N) is 1. The van der Waals surface area contributed by atoms with Crippen molar-refractivity contribution in [1.82, 2.24) is 14.8 Å². The summed E-state index contributed by atoms with van der Waals surface area (Å²) in [5.41, 5.74) is 4.29. The van der Waals surface area contributed by atoms with Crippen LogP contribution in [0.15, 0.2) is 30.5 Å². The molecular weight excluding hydrogens is 328 g/mol. The predicted molar refractivity (Wildman–Crippen MR) is 101 cm³/mol. The Labute approximate surface area is 152 Å². The van der Waals surface area contributed by atoms with Crippen molar-refractivity contribution >= 4 is 22.6 Å². The molecule has 1 aliphatic rings. The van der Waals surface area contributed by atoms with Gasteiger partial charge in [-0.15, -0.1) is 0 Å². The van der Waals surface area contributed by atoms with E-state index in [1.54, 1.807) is 13.3 Å². The van der Waals surface area contributed by atoms with Gasteiger partial charge in [-0.1, -0.05) is 6.07 Å². The first-order chi connectivity index (χ1) is 12.6. The maximum Gasteiger partial charge on any atom is 0.256 e. The van der Waals surface area contributed by atoms with Gasteiger partial charge in [-0.05, 0) is 50.8 Å². The first-order valence-electron chi connectivity index (χ1n) is 8.93. The number of aromatic nitrogens is 3. The lowest BCUT2D eigenvalue weighted by molar-refractivity contribution is 0.102. The average molecular weight is 350 g/mol. The summed E-state index contributed by atoms with van der Waals surface area (Å²) in [6.07, 6.45) is 4.59. The second kappa shape index (κ2) is 6.44. The fraction of sp³-hybridized carbons (Fsp3) is 0.350. The molecule has 26 heavy (non-hydrogen) atoms. The number of aryl methyl sites for hydroxylation is 1. The molecule has 0 bridgehead atoms. The van der Waals surface area contributed by atoms with E-state index in [-0.39, 0.29) is 11.9 Å². The van der Waals surface area contributed by atoms with Crippen LogP contribution in [-0.4, -0.2) is 27.8 Å². The predicted octanol–water partition coefficient (Wildman–Crippen LogP) is 3.76. The monoisotopic (exact) mass is 350 g/mol. The summed E-state index contributed by atoms with van der Waals surface area (Å²) < 4.78 is 7.13. The normalized spacial score (nSPS) is 13.2. The lowest BCUT2D eigenvalue weighted by atomic mass is 10.0. The highest BCUT2D eigenvalue weighted by molar-refractivity contribution is 6.13. The topological polar surface area (TPSA) is 69.0 Å². The lowest BCUT2D eigenvalue weighted by Gasteiger charge is -2.13. The van der Waals surface area contributed by atoms with Crippen molar-refractivity contribution in [2.45, 2.75) is 39.2 Å². The molecule has 6 nitrogen and oxygen atoms in total. The zero-order chi connectivity index (χ0) is 18.3. The molecule has 0 aliphatic heterocycles. The number of benzene rings is 1. The minimum Gasteiger partial charge on any atom is -0.497 e. The Hall–Kier alpha value is -2.89. The van der Waals surface area contributed by atoms with Crippen LogP contribution in [0, 0.1) is 0 Å². The first-order valence-corrected chi connectivity index (χ1v) is 8.93. The molecule has 0 fully saturated rings. The number of fused-ring (bicyclic) bond motifs is 2. The van der Waals surface area contributed by atoms with Crippen LogP contribution in [0.3, 0.4) is 0 Å². The van der Waals surface area contributed by atoms with Gasteiger partial charge in [0, 0.05) is 23.5 Å². The number of hydrogen-bond acceptors (Lipinski definition) is 4. The smallest absolute Gasteiger partial charge is 0.256 e. The SMILES string of the molecule is COc1cccc(NC(=O)c2c3c(nc4c2cnn4C(C)C)CCC3)c1. The summed E-state index contributed by atoms with van der Waals surface area (Å²) in [7, 11) is 1.61. The van der Waals surface area contributed by atoms with Gasteiger partial charge in [-0.3, -0.25) is 4.79 Å². The van der Waals surface area contributed by atoms with Gasteiger partial charge >= 0.3 is 0 Å². The standard InChI is InChI=1S/C20H22N4O2/c1-12(2)24-19-16(11-21-24)18(15-8-5-9-17(15)23-19)20(25)22-13-6-4-7-14(10-13)26-3/h4,6-7,10-12H,5,8-9H2,1-3H3,(H,22,25). The summed E-state index contributed by atoms with van der Waals surface area (Å²) >= 11 is 0. The number of pyridine rings is 1. The van der Waals surface area contributed by atoms with E-state index in [0.29, 0.717) is 17.0 Å². The molecule has 1 N–H and O–H groups in total. The Morgan fingerprint density at radius 3 is 2.92 bits per heavy atom. The van der Waals surface area contributed by atoms with Gasteiger partial charge in [-0.2, -0.15) is 5.10 Å². The molecule has 0 unspecified atom stereocenters. The van der Waals surface area contributed by atoms with Crippen molar-refractivity contribution in [1.29, 1.82) is 0 Å². The Kier molecular flexibility index (Phi) is 4.11. The Morgan fingerprint density at radius 2 is 2.15 bits per heavy atom. The van der Waals surface area contributed by atoms with E-state index in [1.807, 2.05) is 28.9 Å². The van der Waals surface area contributed by atoms with Crippen molar-refractivity contribution in [3.8, 4) is 5.75 Å². The average Bonchev–Trinajstić information content (AvgIpc) is 3.25. The molecule has 0 atom stereocenters. The molecule has 0 saturated carbocycles. The van der Waals surface area contributed by atoms with E-state index in [0.717, 1.165) is 41.6 Å². The van der Waals surface area contributed by atoms with Gasteiger partial charge in [0.2, 0.25) is 0 Å². The van der Waals surface area contributed by atoms with E-state index in [4.69, 9.17) is 9.72 Å². The number of carbonyl (C=O) groups excluding carboxylic acids is 1. The van der Waals surface area contributed by atoms with Crippen LogP contribution in [0.25, 0.3) is 11.0 Å². The molecule has 0 spiro atoms. The maximum absolute atomic E-state index is 13.1. The van der Waals surface area contributed by atoms with Crippen LogP contribution in [0.4, 0.5) is 5.69 Å². The summed E-state index contributed by atoms with van der Waals surface area (Å²) in [4.78, 5) is 18.0. The Morgan fingerprint density at radius 1 is 1.31 bits per heavy atom. The van der Waals surface area contributed by atoms with Gasteiger partial charge < -0.3 is 10.1 Å². The molecule has 1 aromatic carbocycles.